The van der Waals surface area contributed by atoms with E-state index in [1.54, 1.807) is 25.7 Å². The number of nitrogens with zero attached hydrogens (tertiary/aromatic N) is 3. The van der Waals surface area contributed by atoms with Crippen molar-refractivity contribution in [3.63, 3.8) is 0 Å². The van der Waals surface area contributed by atoms with Crippen LogP contribution in [-0.2, 0) is 13.0 Å². The molecule has 0 saturated carbocycles. The van der Waals surface area contributed by atoms with Crippen LogP contribution < -0.4 is 9.47 Å². The van der Waals surface area contributed by atoms with Crippen LogP contribution in [0.3, 0.4) is 0 Å². The van der Waals surface area contributed by atoms with Crippen LogP contribution in [0.25, 0.3) is 0 Å². The van der Waals surface area contributed by atoms with Crippen molar-refractivity contribution in [1.29, 1.82) is 0 Å². The molecule has 1 aliphatic rings. The first-order valence-electron chi connectivity index (χ1n) is 10.7. The number of benzene rings is 1. The second-order valence-corrected chi connectivity index (χ2v) is 7.82. The predicted octanol–water partition coefficient (Wildman–Crippen LogP) is 5.12. The van der Waals surface area contributed by atoms with E-state index in [1.807, 2.05) is 24.3 Å². The molecule has 0 unspecified atom stereocenters. The quantitative estimate of drug-likeness (QED) is 0.522. The first kappa shape index (κ1) is 20.4. The summed E-state index contributed by atoms with van der Waals surface area (Å²) in [5.74, 6) is 3.28. The summed E-state index contributed by atoms with van der Waals surface area (Å²) in [7, 11) is 1.69. The van der Waals surface area contributed by atoms with Gasteiger partial charge in [0.1, 0.15) is 11.5 Å². The van der Waals surface area contributed by atoms with Crippen LogP contribution in [0.15, 0.2) is 67.1 Å². The number of piperidine rings is 1. The highest BCUT2D eigenvalue weighted by molar-refractivity contribution is 5.37. The Morgan fingerprint density at radius 3 is 2.50 bits per heavy atom. The van der Waals surface area contributed by atoms with Gasteiger partial charge in [-0.15, -0.1) is 0 Å². The average molecular weight is 404 g/mol. The zero-order valence-electron chi connectivity index (χ0n) is 17.5. The van der Waals surface area contributed by atoms with E-state index < -0.39 is 0 Å². The molecule has 0 radical (unpaired) electrons. The third-order valence-electron chi connectivity index (χ3n) is 5.82. The van der Waals surface area contributed by atoms with Crippen molar-refractivity contribution >= 4 is 0 Å². The second kappa shape index (κ2) is 10.2. The molecule has 0 atom stereocenters. The Bertz CT molecular complexity index is 924. The van der Waals surface area contributed by atoms with Crippen molar-refractivity contribution in [3.8, 4) is 17.4 Å². The lowest BCUT2D eigenvalue weighted by molar-refractivity contribution is 0.170. The van der Waals surface area contributed by atoms with Gasteiger partial charge in [-0.3, -0.25) is 9.88 Å². The maximum Gasteiger partial charge on any atom is 0.217 e. The van der Waals surface area contributed by atoms with Gasteiger partial charge in [0.15, 0.2) is 0 Å². The molecule has 4 rings (SSSR count). The van der Waals surface area contributed by atoms with E-state index in [1.165, 1.54) is 30.4 Å². The first-order valence-corrected chi connectivity index (χ1v) is 10.7. The van der Waals surface area contributed by atoms with E-state index in [4.69, 9.17) is 9.47 Å². The van der Waals surface area contributed by atoms with Crippen LogP contribution in [0, 0.1) is 5.92 Å². The molecular weight excluding hydrogens is 374 g/mol. The molecule has 0 N–H and O–H groups in total. The smallest absolute Gasteiger partial charge is 0.217 e. The summed E-state index contributed by atoms with van der Waals surface area (Å²) >= 11 is 0. The summed E-state index contributed by atoms with van der Waals surface area (Å²) in [6, 6.07) is 16.2. The van der Waals surface area contributed by atoms with E-state index in [0.29, 0.717) is 0 Å². The van der Waals surface area contributed by atoms with Crippen molar-refractivity contribution in [2.24, 2.45) is 5.92 Å². The number of para-hydroxylation sites is 1. The van der Waals surface area contributed by atoms with Crippen molar-refractivity contribution in [2.75, 3.05) is 20.2 Å². The molecule has 1 aliphatic heterocycles. The van der Waals surface area contributed by atoms with Gasteiger partial charge in [0.05, 0.1) is 7.11 Å². The lowest BCUT2D eigenvalue weighted by Crippen LogP contribution is -2.33. The molecule has 2 aromatic heterocycles. The SMILES string of the molecule is COc1ncccc1CN1CCC(CCc2ccccc2Oc2ccncc2)CC1. The van der Waals surface area contributed by atoms with Crippen molar-refractivity contribution in [1.82, 2.24) is 14.9 Å². The van der Waals surface area contributed by atoms with Crippen molar-refractivity contribution < 1.29 is 9.47 Å². The summed E-state index contributed by atoms with van der Waals surface area (Å²) in [4.78, 5) is 10.9. The zero-order valence-corrected chi connectivity index (χ0v) is 17.5. The number of hydrogen-bond acceptors (Lipinski definition) is 5. The molecule has 30 heavy (non-hydrogen) atoms. The van der Waals surface area contributed by atoms with E-state index in [0.717, 1.165) is 49.4 Å². The summed E-state index contributed by atoms with van der Waals surface area (Å²) < 4.78 is 11.5. The van der Waals surface area contributed by atoms with E-state index in [-0.39, 0.29) is 0 Å². The maximum absolute atomic E-state index is 6.09. The van der Waals surface area contributed by atoms with Crippen LogP contribution in [-0.4, -0.2) is 35.1 Å². The number of rotatable bonds is 8. The van der Waals surface area contributed by atoms with Gasteiger partial charge in [-0.1, -0.05) is 24.3 Å². The van der Waals surface area contributed by atoms with Gasteiger partial charge in [-0.05, 0) is 74.5 Å². The molecule has 5 heteroatoms. The number of aryl methyl sites for hydroxylation is 1. The van der Waals surface area contributed by atoms with Crippen LogP contribution in [0.5, 0.6) is 17.4 Å². The van der Waals surface area contributed by atoms with E-state index in [9.17, 15) is 0 Å². The molecular formula is C25H29N3O2. The number of methoxy groups -OCH3 is 1. The molecule has 156 valence electrons. The molecule has 3 heterocycles. The Balaban J connectivity index is 1.28. The number of pyridine rings is 2. The third-order valence-corrected chi connectivity index (χ3v) is 5.82. The highest BCUT2D eigenvalue weighted by atomic mass is 16.5. The monoisotopic (exact) mass is 403 g/mol. The lowest BCUT2D eigenvalue weighted by Gasteiger charge is -2.32. The van der Waals surface area contributed by atoms with Gasteiger partial charge in [-0.25, -0.2) is 4.98 Å². The van der Waals surface area contributed by atoms with Crippen LogP contribution in [0.4, 0.5) is 0 Å². The molecule has 0 amide bonds. The fourth-order valence-electron chi connectivity index (χ4n) is 4.11. The first-order chi connectivity index (χ1) is 14.8. The summed E-state index contributed by atoms with van der Waals surface area (Å²) in [5, 5.41) is 0. The molecule has 1 aromatic carbocycles. The van der Waals surface area contributed by atoms with Gasteiger partial charge in [0.2, 0.25) is 5.88 Å². The van der Waals surface area contributed by atoms with Crippen LogP contribution in [0.1, 0.15) is 30.4 Å². The Hall–Kier alpha value is -2.92. The highest BCUT2D eigenvalue weighted by Gasteiger charge is 2.20. The molecule has 0 spiro atoms. The Morgan fingerprint density at radius 1 is 0.933 bits per heavy atom. The number of ether oxygens (including phenoxy) is 2. The predicted molar refractivity (Wildman–Crippen MR) is 118 cm³/mol. The van der Waals surface area contributed by atoms with Crippen LogP contribution >= 0.6 is 0 Å². The van der Waals surface area contributed by atoms with Gasteiger partial charge in [-0.2, -0.15) is 0 Å². The lowest BCUT2D eigenvalue weighted by atomic mass is 9.90. The van der Waals surface area contributed by atoms with Crippen molar-refractivity contribution in [3.05, 3.63) is 78.2 Å². The van der Waals surface area contributed by atoms with Gasteiger partial charge in [0, 0.05) is 30.7 Å². The minimum atomic E-state index is 0.741. The van der Waals surface area contributed by atoms with Crippen LogP contribution in [0.2, 0.25) is 0 Å². The average Bonchev–Trinajstić information content (AvgIpc) is 2.80. The van der Waals surface area contributed by atoms with E-state index >= 15 is 0 Å². The number of likely N-dealkylation sites (tertiary alicyclic amines) is 1. The Labute approximate surface area is 178 Å². The topological polar surface area (TPSA) is 47.5 Å². The molecule has 1 saturated heterocycles. The van der Waals surface area contributed by atoms with E-state index in [2.05, 4.69) is 39.1 Å². The minimum Gasteiger partial charge on any atom is -0.481 e. The van der Waals surface area contributed by atoms with Gasteiger partial charge < -0.3 is 9.47 Å². The summed E-state index contributed by atoms with van der Waals surface area (Å²) in [6.07, 6.45) is 10.00. The number of hydrogen-bond donors (Lipinski definition) is 0. The molecule has 5 nitrogen and oxygen atoms in total. The fraction of sp³-hybridized carbons (Fsp3) is 0.360. The molecule has 1 fully saturated rings. The summed E-state index contributed by atoms with van der Waals surface area (Å²) in [5.41, 5.74) is 2.44. The van der Waals surface area contributed by atoms with Gasteiger partial charge in [0.25, 0.3) is 0 Å². The minimum absolute atomic E-state index is 0.741. The highest BCUT2D eigenvalue weighted by Crippen LogP contribution is 2.29. The van der Waals surface area contributed by atoms with Gasteiger partial charge >= 0.3 is 0 Å². The standard InChI is InChI=1S/C25H29N3O2/c1-29-25-22(6-4-14-27-25)19-28-17-12-20(13-18-28)8-9-21-5-2-3-7-24(21)30-23-10-15-26-16-11-23/h2-7,10-11,14-16,20H,8-9,12-13,17-19H2,1H3. The third kappa shape index (κ3) is 5.36. The number of aromatic nitrogens is 2. The normalized spacial score (nSPS) is 15.1. The van der Waals surface area contributed by atoms with Crippen molar-refractivity contribution in [2.45, 2.75) is 32.2 Å². The Kier molecular flexibility index (Phi) is 6.93. The second-order valence-electron chi connectivity index (χ2n) is 7.82. The molecule has 0 aliphatic carbocycles. The molecule has 3 aromatic rings. The largest absolute Gasteiger partial charge is 0.481 e. The summed E-state index contributed by atoms with van der Waals surface area (Å²) in [6.45, 7) is 3.15. The fourth-order valence-corrected chi connectivity index (χ4v) is 4.11. The Morgan fingerprint density at radius 2 is 1.70 bits per heavy atom. The molecule has 0 bridgehead atoms. The maximum atomic E-state index is 6.09. The zero-order chi connectivity index (χ0) is 20.6.